The molecule has 0 aliphatic rings. The fourth-order valence-corrected chi connectivity index (χ4v) is 3.14. The number of ether oxygens (including phenoxy) is 1. The highest BCUT2D eigenvalue weighted by molar-refractivity contribution is 6.74. The van der Waals surface area contributed by atoms with Crippen LogP contribution in [-0.2, 0) is 15.8 Å². The summed E-state index contributed by atoms with van der Waals surface area (Å²) in [6.07, 6.45) is 0. The summed E-state index contributed by atoms with van der Waals surface area (Å²) in [5.41, 5.74) is 7.77. The number of nitrogen functional groups attached to an aromatic ring is 1. The summed E-state index contributed by atoms with van der Waals surface area (Å²) < 4.78 is 11.9. The van der Waals surface area contributed by atoms with Crippen molar-refractivity contribution in [2.75, 3.05) is 18.9 Å². The van der Waals surface area contributed by atoms with Gasteiger partial charge in [0.05, 0.1) is 25.3 Å². The molecule has 0 fully saturated rings. The Bertz CT molecular complexity index is 666. The Morgan fingerprint density at radius 2 is 1.83 bits per heavy atom. The molecule has 1 aromatic carbocycles. The van der Waals surface area contributed by atoms with Crippen LogP contribution in [-0.4, -0.2) is 26.5 Å². The van der Waals surface area contributed by atoms with Crippen LogP contribution in [0.2, 0.25) is 18.1 Å². The van der Waals surface area contributed by atoms with Gasteiger partial charge in [-0.3, -0.25) is 0 Å². The topological polar surface area (TPSA) is 57.4 Å². The Hall–Kier alpha value is -1.43. The maximum atomic E-state index is 6.12. The van der Waals surface area contributed by atoms with Crippen LogP contribution in [0.4, 0.5) is 5.82 Å². The van der Waals surface area contributed by atoms with Crippen molar-refractivity contribution in [2.45, 2.75) is 45.5 Å². The number of hydrogen-bond acceptors (Lipinski definition) is 4. The summed E-state index contributed by atoms with van der Waals surface area (Å²) in [5.74, 6) is 0.540. The van der Waals surface area contributed by atoms with Crippen LogP contribution in [0.3, 0.4) is 0 Å². The third kappa shape index (κ3) is 4.53. The summed E-state index contributed by atoms with van der Waals surface area (Å²) in [4.78, 5) is 4.34. The summed E-state index contributed by atoms with van der Waals surface area (Å²) in [6.45, 7) is 13.1. The van der Waals surface area contributed by atoms with Crippen LogP contribution in [0.5, 0.6) is 0 Å². The number of hydrogen-bond donors (Lipinski definition) is 1. The molecule has 23 heavy (non-hydrogen) atoms. The van der Waals surface area contributed by atoms with Crippen molar-refractivity contribution < 1.29 is 9.16 Å². The normalized spacial score (nSPS) is 12.7. The Kier molecular flexibility index (Phi) is 5.44. The third-order valence-electron chi connectivity index (χ3n) is 4.60. The number of nitrogens with zero attached hydrogens (tertiary/aromatic N) is 1. The largest absolute Gasteiger partial charge is 0.414 e. The van der Waals surface area contributed by atoms with Crippen molar-refractivity contribution in [3.05, 3.63) is 35.9 Å². The average Bonchev–Trinajstić information content (AvgIpc) is 2.45. The lowest BCUT2D eigenvalue weighted by atomic mass is 10.1. The molecular formula is C18H28N2O2Si. The van der Waals surface area contributed by atoms with Gasteiger partial charge in [0.2, 0.25) is 0 Å². The average molecular weight is 333 g/mol. The molecule has 0 aliphatic heterocycles. The maximum Gasteiger partial charge on any atom is 0.192 e. The lowest BCUT2D eigenvalue weighted by Gasteiger charge is -2.36. The quantitative estimate of drug-likeness (QED) is 0.631. The fourth-order valence-electron chi connectivity index (χ4n) is 2.11. The van der Waals surface area contributed by atoms with Crippen LogP contribution >= 0.6 is 0 Å². The predicted octanol–water partition coefficient (Wildman–Crippen LogP) is 4.36. The van der Waals surface area contributed by atoms with Gasteiger partial charge in [-0.25, -0.2) is 4.98 Å². The van der Waals surface area contributed by atoms with E-state index in [9.17, 15) is 0 Å². The number of rotatable bonds is 6. The first-order valence-electron chi connectivity index (χ1n) is 8.06. The molecule has 0 unspecified atom stereocenters. The summed E-state index contributed by atoms with van der Waals surface area (Å²) in [6, 6.07) is 9.85. The number of aromatic nitrogens is 1. The molecule has 0 aliphatic carbocycles. The van der Waals surface area contributed by atoms with E-state index >= 15 is 0 Å². The summed E-state index contributed by atoms with van der Waals surface area (Å²) >= 11 is 0. The van der Waals surface area contributed by atoms with E-state index in [0.29, 0.717) is 25.6 Å². The van der Waals surface area contributed by atoms with Gasteiger partial charge in [0, 0.05) is 5.39 Å². The standard InChI is InChI=1S/C18H28N2O2Si/c1-18(2,3)23(4,5)22-12-11-21-13-14-7-6-8-16-15(14)9-10-17(19)20-16/h6-10H,11-13H2,1-5H3,(H2,19,20). The molecule has 4 nitrogen and oxygen atoms in total. The van der Waals surface area contributed by atoms with Crippen molar-refractivity contribution in [3.63, 3.8) is 0 Å². The van der Waals surface area contributed by atoms with Gasteiger partial charge >= 0.3 is 0 Å². The third-order valence-corrected chi connectivity index (χ3v) is 9.14. The Balaban J connectivity index is 1.88. The van der Waals surface area contributed by atoms with E-state index in [2.05, 4.69) is 44.9 Å². The molecule has 0 saturated heterocycles. The van der Waals surface area contributed by atoms with Gasteiger partial charge in [-0.05, 0) is 41.9 Å². The Labute approximate surface area is 140 Å². The Morgan fingerprint density at radius 3 is 2.52 bits per heavy atom. The molecular weight excluding hydrogens is 304 g/mol. The number of nitrogens with two attached hydrogens (primary N) is 1. The van der Waals surface area contributed by atoms with Crippen molar-refractivity contribution in [3.8, 4) is 0 Å². The molecule has 0 atom stereocenters. The Morgan fingerprint density at radius 1 is 1.09 bits per heavy atom. The first-order chi connectivity index (χ1) is 10.7. The first-order valence-corrected chi connectivity index (χ1v) is 11.0. The molecule has 2 N–H and O–H groups in total. The van der Waals surface area contributed by atoms with Crippen LogP contribution in [0, 0.1) is 0 Å². The van der Waals surface area contributed by atoms with Gasteiger partial charge in [-0.2, -0.15) is 0 Å². The second-order valence-electron chi connectivity index (χ2n) is 7.38. The molecule has 0 bridgehead atoms. The number of anilines is 1. The fraction of sp³-hybridized carbons (Fsp3) is 0.500. The van der Waals surface area contributed by atoms with Crippen LogP contribution in [0.25, 0.3) is 10.9 Å². The van der Waals surface area contributed by atoms with Crippen molar-refractivity contribution in [1.82, 2.24) is 4.98 Å². The lowest BCUT2D eigenvalue weighted by molar-refractivity contribution is 0.0852. The minimum absolute atomic E-state index is 0.230. The molecule has 0 amide bonds. The van der Waals surface area contributed by atoms with E-state index in [1.165, 1.54) is 0 Å². The lowest BCUT2D eigenvalue weighted by Crippen LogP contribution is -2.41. The molecule has 0 saturated carbocycles. The maximum absolute atomic E-state index is 6.12. The number of pyridine rings is 1. The molecule has 1 aromatic heterocycles. The zero-order valence-electron chi connectivity index (χ0n) is 14.8. The highest BCUT2D eigenvalue weighted by atomic mass is 28.4. The van der Waals surface area contributed by atoms with Gasteiger partial charge < -0.3 is 14.9 Å². The SMILES string of the molecule is CC(C)(C)[Si](C)(C)OCCOCc1cccc2nc(N)ccc12. The molecule has 126 valence electrons. The van der Waals surface area contributed by atoms with Crippen LogP contribution in [0.15, 0.2) is 30.3 Å². The van der Waals surface area contributed by atoms with E-state index in [4.69, 9.17) is 14.9 Å². The van der Waals surface area contributed by atoms with E-state index < -0.39 is 8.32 Å². The minimum atomic E-state index is -1.69. The van der Waals surface area contributed by atoms with Crippen molar-refractivity contribution in [1.29, 1.82) is 0 Å². The van der Waals surface area contributed by atoms with Crippen LogP contribution < -0.4 is 5.73 Å². The highest BCUT2D eigenvalue weighted by Crippen LogP contribution is 2.36. The highest BCUT2D eigenvalue weighted by Gasteiger charge is 2.36. The van der Waals surface area contributed by atoms with E-state index in [1.54, 1.807) is 0 Å². The molecule has 1 heterocycles. The van der Waals surface area contributed by atoms with Crippen molar-refractivity contribution in [2.24, 2.45) is 0 Å². The van der Waals surface area contributed by atoms with Crippen LogP contribution in [0.1, 0.15) is 26.3 Å². The van der Waals surface area contributed by atoms with E-state index in [0.717, 1.165) is 16.5 Å². The molecule has 0 spiro atoms. The zero-order valence-corrected chi connectivity index (χ0v) is 15.8. The molecule has 2 rings (SSSR count). The van der Waals surface area contributed by atoms with Gasteiger partial charge in [0.25, 0.3) is 0 Å². The smallest absolute Gasteiger partial charge is 0.192 e. The summed E-state index contributed by atoms with van der Waals surface area (Å²) in [7, 11) is -1.69. The van der Waals surface area contributed by atoms with E-state index in [1.807, 2.05) is 24.3 Å². The van der Waals surface area contributed by atoms with Gasteiger partial charge in [0.15, 0.2) is 8.32 Å². The minimum Gasteiger partial charge on any atom is -0.414 e. The zero-order chi connectivity index (χ0) is 17.1. The van der Waals surface area contributed by atoms with Crippen molar-refractivity contribution >= 4 is 25.0 Å². The van der Waals surface area contributed by atoms with Gasteiger partial charge in [-0.15, -0.1) is 0 Å². The monoisotopic (exact) mass is 332 g/mol. The number of fused-ring (bicyclic) bond motifs is 1. The summed E-state index contributed by atoms with van der Waals surface area (Å²) in [5, 5.41) is 1.32. The molecule has 2 aromatic rings. The first kappa shape index (κ1) is 17.9. The van der Waals surface area contributed by atoms with Gasteiger partial charge in [0.1, 0.15) is 5.82 Å². The second kappa shape index (κ2) is 6.99. The predicted molar refractivity (Wildman–Crippen MR) is 99.0 cm³/mol. The molecule has 0 radical (unpaired) electrons. The van der Waals surface area contributed by atoms with Gasteiger partial charge in [-0.1, -0.05) is 32.9 Å². The van der Waals surface area contributed by atoms with E-state index in [-0.39, 0.29) is 5.04 Å². The number of benzene rings is 1. The second-order valence-corrected chi connectivity index (χ2v) is 12.2. The molecule has 5 heteroatoms.